The normalized spacial score (nSPS) is 13.0. The summed E-state index contributed by atoms with van der Waals surface area (Å²) in [5.41, 5.74) is 2.41. The highest BCUT2D eigenvalue weighted by Crippen LogP contribution is 2.20. The van der Waals surface area contributed by atoms with Crippen molar-refractivity contribution in [1.82, 2.24) is 9.71 Å². The molecule has 0 saturated heterocycles. The van der Waals surface area contributed by atoms with Crippen molar-refractivity contribution in [2.75, 3.05) is 0 Å². The zero-order valence-electron chi connectivity index (χ0n) is 13.6. The van der Waals surface area contributed by atoms with E-state index >= 15 is 0 Å². The minimum absolute atomic E-state index is 0.0460. The summed E-state index contributed by atoms with van der Waals surface area (Å²) >= 11 is 0. The molecule has 0 amide bonds. The molecule has 0 radical (unpaired) electrons. The Morgan fingerprint density at radius 3 is 2.68 bits per heavy atom. The first kappa shape index (κ1) is 17.2. The van der Waals surface area contributed by atoms with Gasteiger partial charge in [-0.05, 0) is 36.2 Å². The van der Waals surface area contributed by atoms with Crippen LogP contribution in [0.4, 0.5) is 0 Å². The number of carboxylic acid groups (broad SMARTS) is 1. The van der Waals surface area contributed by atoms with Gasteiger partial charge in [0.25, 0.3) is 0 Å². The number of benzene rings is 2. The smallest absolute Gasteiger partial charge is 0.322 e. The maximum Gasteiger partial charge on any atom is 0.322 e. The Bertz CT molecular complexity index is 1020. The van der Waals surface area contributed by atoms with Crippen molar-refractivity contribution >= 4 is 26.9 Å². The van der Waals surface area contributed by atoms with Gasteiger partial charge in [0, 0.05) is 23.5 Å². The van der Waals surface area contributed by atoms with Crippen molar-refractivity contribution < 1.29 is 18.3 Å². The number of rotatable bonds is 6. The molecule has 0 aliphatic carbocycles. The van der Waals surface area contributed by atoms with E-state index < -0.39 is 22.0 Å². The van der Waals surface area contributed by atoms with Gasteiger partial charge in [0.1, 0.15) is 6.04 Å². The predicted octanol–water partition coefficient (Wildman–Crippen LogP) is 2.45. The Labute approximate surface area is 145 Å². The first-order valence-electron chi connectivity index (χ1n) is 7.73. The lowest BCUT2D eigenvalue weighted by Gasteiger charge is -2.15. The average Bonchev–Trinajstić information content (AvgIpc) is 2.97. The number of hydrogen-bond acceptors (Lipinski definition) is 3. The van der Waals surface area contributed by atoms with Gasteiger partial charge in [-0.1, -0.05) is 30.3 Å². The first-order chi connectivity index (χ1) is 11.9. The number of aryl methyl sites for hydroxylation is 1. The number of carbonyl (C=O) groups is 1. The minimum Gasteiger partial charge on any atom is -0.480 e. The largest absolute Gasteiger partial charge is 0.480 e. The molecule has 0 fully saturated rings. The molecular formula is C18H18N2O4S. The third-order valence-electron chi connectivity index (χ3n) is 3.99. The van der Waals surface area contributed by atoms with Gasteiger partial charge in [-0.25, -0.2) is 8.42 Å². The molecule has 0 saturated carbocycles. The number of aliphatic carboxylic acids is 1. The van der Waals surface area contributed by atoms with Crippen LogP contribution in [0.5, 0.6) is 0 Å². The Morgan fingerprint density at radius 1 is 1.20 bits per heavy atom. The standard InChI is InChI=1S/C18H18N2O4S/c1-12-5-4-6-14(9-12)25(23,24)20-17(18(21)22)10-13-11-19-16-8-3-2-7-15(13)16/h2-9,11,17,19-20H,10H2,1H3,(H,21,22)/t17-/m0/s1. The molecule has 3 N–H and O–H groups in total. The summed E-state index contributed by atoms with van der Waals surface area (Å²) in [6, 6.07) is 12.6. The number of carboxylic acids is 1. The molecule has 130 valence electrons. The fourth-order valence-corrected chi connectivity index (χ4v) is 4.03. The topological polar surface area (TPSA) is 99.3 Å². The number of fused-ring (bicyclic) bond motifs is 1. The van der Waals surface area contributed by atoms with Crippen molar-refractivity contribution in [2.45, 2.75) is 24.3 Å². The highest BCUT2D eigenvalue weighted by atomic mass is 32.2. The lowest BCUT2D eigenvalue weighted by Crippen LogP contribution is -2.42. The van der Waals surface area contributed by atoms with Crippen LogP contribution >= 0.6 is 0 Å². The Hall–Kier alpha value is -2.64. The van der Waals surface area contributed by atoms with E-state index in [1.54, 1.807) is 25.3 Å². The third kappa shape index (κ3) is 3.72. The minimum atomic E-state index is -3.92. The second-order valence-corrected chi connectivity index (χ2v) is 7.61. The summed E-state index contributed by atoms with van der Waals surface area (Å²) in [7, 11) is -3.92. The number of aromatic amines is 1. The van der Waals surface area contributed by atoms with Crippen LogP contribution in [0.1, 0.15) is 11.1 Å². The van der Waals surface area contributed by atoms with Crippen LogP contribution in [0.15, 0.2) is 59.6 Å². The molecule has 6 nitrogen and oxygen atoms in total. The van der Waals surface area contributed by atoms with E-state index in [4.69, 9.17) is 0 Å². The zero-order chi connectivity index (χ0) is 18.0. The van der Waals surface area contributed by atoms with Gasteiger partial charge >= 0.3 is 5.97 Å². The van der Waals surface area contributed by atoms with E-state index in [1.807, 2.05) is 24.3 Å². The van der Waals surface area contributed by atoms with Crippen molar-refractivity contribution in [2.24, 2.45) is 0 Å². The maximum absolute atomic E-state index is 12.5. The van der Waals surface area contributed by atoms with E-state index in [9.17, 15) is 18.3 Å². The number of sulfonamides is 1. The number of aromatic nitrogens is 1. The van der Waals surface area contributed by atoms with Gasteiger partial charge in [0.15, 0.2) is 0 Å². The molecule has 0 spiro atoms. The second-order valence-electron chi connectivity index (χ2n) is 5.89. The Balaban J connectivity index is 1.88. The average molecular weight is 358 g/mol. The summed E-state index contributed by atoms with van der Waals surface area (Å²) in [6.07, 6.45) is 1.76. The van der Waals surface area contributed by atoms with Crippen LogP contribution in [0, 0.1) is 6.92 Å². The summed E-state index contributed by atoms with van der Waals surface area (Å²) in [6.45, 7) is 1.78. The molecule has 3 rings (SSSR count). The summed E-state index contributed by atoms with van der Waals surface area (Å²) in [4.78, 5) is 14.7. The fraction of sp³-hybridized carbons (Fsp3) is 0.167. The van der Waals surface area contributed by atoms with Crippen LogP contribution in [-0.2, 0) is 21.2 Å². The zero-order valence-corrected chi connectivity index (χ0v) is 14.4. The highest BCUT2D eigenvalue weighted by Gasteiger charge is 2.26. The fourth-order valence-electron chi connectivity index (χ4n) is 2.74. The van der Waals surface area contributed by atoms with Gasteiger partial charge in [0.05, 0.1) is 4.90 Å². The van der Waals surface area contributed by atoms with Crippen LogP contribution in [0.25, 0.3) is 10.9 Å². The molecule has 3 aromatic rings. The first-order valence-corrected chi connectivity index (χ1v) is 9.22. The Kier molecular flexibility index (Phi) is 4.61. The van der Waals surface area contributed by atoms with E-state index in [-0.39, 0.29) is 11.3 Å². The van der Waals surface area contributed by atoms with E-state index in [0.717, 1.165) is 22.0 Å². The van der Waals surface area contributed by atoms with E-state index in [2.05, 4.69) is 9.71 Å². The summed E-state index contributed by atoms with van der Waals surface area (Å²) < 4.78 is 27.3. The van der Waals surface area contributed by atoms with Crippen LogP contribution in [0.3, 0.4) is 0 Å². The van der Waals surface area contributed by atoms with Gasteiger partial charge < -0.3 is 10.1 Å². The van der Waals surface area contributed by atoms with Crippen molar-refractivity contribution in [1.29, 1.82) is 0 Å². The SMILES string of the molecule is Cc1cccc(S(=O)(=O)N[C@@H](Cc2c[nH]c3ccccc23)C(=O)O)c1. The van der Waals surface area contributed by atoms with Crippen molar-refractivity contribution in [3.8, 4) is 0 Å². The van der Waals surface area contributed by atoms with Gasteiger partial charge in [-0.15, -0.1) is 0 Å². The highest BCUT2D eigenvalue weighted by molar-refractivity contribution is 7.89. The molecule has 0 bridgehead atoms. The summed E-state index contributed by atoms with van der Waals surface area (Å²) in [5.74, 6) is -1.22. The third-order valence-corrected chi connectivity index (χ3v) is 5.46. The number of H-pyrrole nitrogens is 1. The molecule has 25 heavy (non-hydrogen) atoms. The van der Waals surface area contributed by atoms with E-state index in [1.165, 1.54) is 12.1 Å². The lowest BCUT2D eigenvalue weighted by atomic mass is 10.1. The molecule has 0 aliphatic heterocycles. The predicted molar refractivity (Wildman–Crippen MR) is 94.9 cm³/mol. The van der Waals surface area contributed by atoms with Crippen molar-refractivity contribution in [3.63, 3.8) is 0 Å². The maximum atomic E-state index is 12.5. The monoisotopic (exact) mass is 358 g/mol. The van der Waals surface area contributed by atoms with Gasteiger partial charge in [0.2, 0.25) is 10.0 Å². The Morgan fingerprint density at radius 2 is 1.96 bits per heavy atom. The molecular weight excluding hydrogens is 340 g/mol. The van der Waals surface area contributed by atoms with Crippen LogP contribution in [-0.4, -0.2) is 30.5 Å². The van der Waals surface area contributed by atoms with Gasteiger partial charge in [-0.3, -0.25) is 4.79 Å². The lowest BCUT2D eigenvalue weighted by molar-refractivity contribution is -0.138. The number of para-hydroxylation sites is 1. The van der Waals surface area contributed by atoms with Crippen LogP contribution in [0.2, 0.25) is 0 Å². The summed E-state index contributed by atoms with van der Waals surface area (Å²) in [5, 5.41) is 10.4. The quantitative estimate of drug-likeness (QED) is 0.630. The number of nitrogens with one attached hydrogen (secondary N) is 2. The molecule has 1 aromatic heterocycles. The second kappa shape index (κ2) is 6.70. The molecule has 1 atom stereocenters. The van der Waals surface area contributed by atoms with Crippen molar-refractivity contribution in [3.05, 3.63) is 65.9 Å². The molecule has 2 aromatic carbocycles. The number of hydrogen-bond donors (Lipinski definition) is 3. The van der Waals surface area contributed by atoms with Crippen LogP contribution < -0.4 is 4.72 Å². The molecule has 7 heteroatoms. The molecule has 0 unspecified atom stereocenters. The molecule has 1 heterocycles. The van der Waals surface area contributed by atoms with E-state index in [0.29, 0.717) is 0 Å². The van der Waals surface area contributed by atoms with Gasteiger partial charge in [-0.2, -0.15) is 4.72 Å². The molecule has 0 aliphatic rings.